The number of imidazole rings is 1. The number of aromatic nitrogens is 2. The summed E-state index contributed by atoms with van der Waals surface area (Å²) in [7, 11) is 0. The number of nitrogens with one attached hydrogen (secondary N) is 2. The first-order valence-corrected chi connectivity index (χ1v) is 9.19. The number of H-pyrrole nitrogens is 1. The molecule has 1 fully saturated rings. The van der Waals surface area contributed by atoms with Crippen molar-refractivity contribution in [3.8, 4) is 0 Å². The number of aromatic amines is 1. The number of benzene rings is 1. The second kappa shape index (κ2) is 7.25. The van der Waals surface area contributed by atoms with Crippen molar-refractivity contribution >= 4 is 33.9 Å². The van der Waals surface area contributed by atoms with Gasteiger partial charge in [-0.05, 0) is 18.1 Å². The minimum absolute atomic E-state index is 0.0566. The van der Waals surface area contributed by atoms with Gasteiger partial charge in [-0.25, -0.2) is 4.98 Å². The molecule has 1 atom stereocenters. The third kappa shape index (κ3) is 3.72. The molecule has 0 aliphatic carbocycles. The van der Waals surface area contributed by atoms with Crippen LogP contribution in [-0.2, 0) is 4.79 Å². The molecule has 3 rings (SSSR count). The first-order valence-electron chi connectivity index (χ1n) is 8.20. The van der Waals surface area contributed by atoms with Gasteiger partial charge in [0.25, 0.3) is 5.24 Å². The second-order valence-electron chi connectivity index (χ2n) is 6.28. The number of para-hydroxylation sites is 2. The summed E-state index contributed by atoms with van der Waals surface area (Å²) in [6.07, 6.45) is 0.315. The molecule has 1 aliphatic rings. The largest absolute Gasteiger partial charge is 0.346 e. The van der Waals surface area contributed by atoms with Crippen LogP contribution in [0.2, 0.25) is 0 Å². The van der Waals surface area contributed by atoms with Crippen molar-refractivity contribution in [2.45, 2.75) is 26.3 Å². The molecule has 1 aromatic carbocycles. The third-order valence-electron chi connectivity index (χ3n) is 4.14. The Kier molecular flexibility index (Phi) is 5.08. The smallest absolute Gasteiger partial charge is 0.281 e. The van der Waals surface area contributed by atoms with E-state index in [1.54, 1.807) is 4.90 Å². The van der Waals surface area contributed by atoms with Crippen LogP contribution in [0.25, 0.3) is 11.0 Å². The van der Waals surface area contributed by atoms with Gasteiger partial charge in [-0.15, -0.1) is 0 Å². The van der Waals surface area contributed by atoms with Crippen molar-refractivity contribution in [1.82, 2.24) is 20.2 Å². The molecular weight excluding hydrogens is 324 g/mol. The van der Waals surface area contributed by atoms with E-state index >= 15 is 0 Å². The molecule has 6 nitrogen and oxygen atoms in total. The predicted octanol–water partition coefficient (Wildman–Crippen LogP) is 2.94. The molecule has 1 aromatic heterocycles. The number of amides is 2. The van der Waals surface area contributed by atoms with Gasteiger partial charge in [-0.2, -0.15) is 0 Å². The molecule has 1 aliphatic heterocycles. The van der Waals surface area contributed by atoms with Gasteiger partial charge in [-0.3, -0.25) is 9.59 Å². The number of fused-ring (bicyclic) bond motifs is 1. The molecule has 1 saturated heterocycles. The first-order chi connectivity index (χ1) is 11.5. The SMILES string of the molecule is CC(C)[C@H](NC(=O)CCN1CCSC1=O)c1nc2ccccc2[nH]1. The van der Waals surface area contributed by atoms with Gasteiger partial charge in [0.2, 0.25) is 5.91 Å². The third-order valence-corrected chi connectivity index (χ3v) is 5.03. The van der Waals surface area contributed by atoms with Crippen LogP contribution in [-0.4, -0.2) is 44.9 Å². The van der Waals surface area contributed by atoms with Crippen LogP contribution in [0.4, 0.5) is 4.79 Å². The highest BCUT2D eigenvalue weighted by Gasteiger charge is 2.24. The van der Waals surface area contributed by atoms with Crippen molar-refractivity contribution in [1.29, 1.82) is 0 Å². The van der Waals surface area contributed by atoms with Crippen molar-refractivity contribution in [2.24, 2.45) is 5.92 Å². The van der Waals surface area contributed by atoms with Crippen molar-refractivity contribution < 1.29 is 9.59 Å². The Hall–Kier alpha value is -2.02. The Bertz CT molecular complexity index is 710. The van der Waals surface area contributed by atoms with Crippen LogP contribution in [0.5, 0.6) is 0 Å². The summed E-state index contributed by atoms with van der Waals surface area (Å²) in [5.74, 6) is 1.73. The zero-order valence-electron chi connectivity index (χ0n) is 13.9. The highest BCUT2D eigenvalue weighted by Crippen LogP contribution is 2.22. The average Bonchev–Trinajstić information content (AvgIpc) is 3.16. The second-order valence-corrected chi connectivity index (χ2v) is 7.33. The van der Waals surface area contributed by atoms with Crippen LogP contribution in [0.15, 0.2) is 24.3 Å². The Morgan fingerprint density at radius 2 is 2.21 bits per heavy atom. The molecule has 7 heteroatoms. The fraction of sp³-hybridized carbons (Fsp3) is 0.471. The number of carbonyl (C=O) groups excluding carboxylic acids is 2. The molecule has 0 saturated carbocycles. The number of thioether (sulfide) groups is 1. The van der Waals surface area contributed by atoms with E-state index in [1.165, 1.54) is 11.8 Å². The lowest BCUT2D eigenvalue weighted by Crippen LogP contribution is -2.35. The normalized spacial score (nSPS) is 16.1. The minimum Gasteiger partial charge on any atom is -0.346 e. The van der Waals surface area contributed by atoms with E-state index in [4.69, 9.17) is 0 Å². The number of rotatable bonds is 6. The highest BCUT2D eigenvalue weighted by molar-refractivity contribution is 8.13. The highest BCUT2D eigenvalue weighted by atomic mass is 32.2. The van der Waals surface area contributed by atoms with E-state index in [1.807, 2.05) is 24.3 Å². The summed E-state index contributed by atoms with van der Waals surface area (Å²) in [5, 5.41) is 3.12. The molecule has 2 N–H and O–H groups in total. The molecule has 0 unspecified atom stereocenters. The summed E-state index contributed by atoms with van der Waals surface area (Å²) >= 11 is 1.32. The Labute approximate surface area is 145 Å². The molecule has 0 bridgehead atoms. The minimum atomic E-state index is -0.173. The van der Waals surface area contributed by atoms with Crippen LogP contribution in [0.1, 0.15) is 32.1 Å². The van der Waals surface area contributed by atoms with Crippen molar-refractivity contribution in [3.05, 3.63) is 30.1 Å². The quantitative estimate of drug-likeness (QED) is 0.843. The lowest BCUT2D eigenvalue weighted by atomic mass is 10.0. The average molecular weight is 346 g/mol. The van der Waals surface area contributed by atoms with Crippen molar-refractivity contribution in [3.63, 3.8) is 0 Å². The summed E-state index contributed by atoms with van der Waals surface area (Å²) in [6.45, 7) is 5.31. The maximum atomic E-state index is 12.3. The predicted molar refractivity (Wildman–Crippen MR) is 95.9 cm³/mol. The molecule has 0 radical (unpaired) electrons. The van der Waals surface area contributed by atoms with Gasteiger partial charge >= 0.3 is 0 Å². The maximum absolute atomic E-state index is 12.3. The van der Waals surface area contributed by atoms with E-state index < -0.39 is 0 Å². The number of carbonyl (C=O) groups is 2. The number of hydrogen-bond donors (Lipinski definition) is 2. The van der Waals surface area contributed by atoms with Gasteiger partial charge in [0.1, 0.15) is 5.82 Å². The monoisotopic (exact) mass is 346 g/mol. The van der Waals surface area contributed by atoms with Gasteiger partial charge < -0.3 is 15.2 Å². The van der Waals surface area contributed by atoms with Gasteiger partial charge in [0, 0.05) is 25.3 Å². The lowest BCUT2D eigenvalue weighted by Gasteiger charge is -2.21. The molecule has 2 aromatic rings. The zero-order valence-corrected chi connectivity index (χ0v) is 14.7. The number of hydrogen-bond acceptors (Lipinski definition) is 4. The summed E-state index contributed by atoms with van der Waals surface area (Å²) in [4.78, 5) is 33.5. The van der Waals surface area contributed by atoms with Crippen LogP contribution in [0.3, 0.4) is 0 Å². The topological polar surface area (TPSA) is 78.1 Å². The maximum Gasteiger partial charge on any atom is 0.281 e. The Morgan fingerprint density at radius 3 is 2.88 bits per heavy atom. The summed E-state index contributed by atoms with van der Waals surface area (Å²) < 4.78 is 0. The zero-order chi connectivity index (χ0) is 17.1. The van der Waals surface area contributed by atoms with E-state index in [0.717, 1.165) is 29.2 Å². The van der Waals surface area contributed by atoms with E-state index in [2.05, 4.69) is 29.1 Å². The molecule has 0 spiro atoms. The fourth-order valence-corrected chi connectivity index (χ4v) is 3.63. The molecular formula is C17H22N4O2S. The van der Waals surface area contributed by atoms with Crippen LogP contribution in [0, 0.1) is 5.92 Å². The van der Waals surface area contributed by atoms with Crippen LogP contribution < -0.4 is 5.32 Å². The van der Waals surface area contributed by atoms with Gasteiger partial charge in [0.15, 0.2) is 0 Å². The number of nitrogens with zero attached hydrogens (tertiary/aromatic N) is 2. The van der Waals surface area contributed by atoms with Gasteiger partial charge in [0.05, 0.1) is 17.1 Å². The molecule has 2 heterocycles. The van der Waals surface area contributed by atoms with Crippen molar-refractivity contribution in [2.75, 3.05) is 18.8 Å². The van der Waals surface area contributed by atoms with E-state index in [9.17, 15) is 9.59 Å². The molecule has 2 amide bonds. The molecule has 24 heavy (non-hydrogen) atoms. The Morgan fingerprint density at radius 1 is 1.42 bits per heavy atom. The lowest BCUT2D eigenvalue weighted by molar-refractivity contribution is -0.122. The molecule has 128 valence electrons. The summed E-state index contributed by atoms with van der Waals surface area (Å²) in [5.41, 5.74) is 1.86. The van der Waals surface area contributed by atoms with Crippen LogP contribution >= 0.6 is 11.8 Å². The fourth-order valence-electron chi connectivity index (χ4n) is 2.78. The Balaban J connectivity index is 1.65. The van der Waals surface area contributed by atoms with E-state index in [-0.39, 0.29) is 23.1 Å². The van der Waals surface area contributed by atoms with Gasteiger partial charge in [-0.1, -0.05) is 37.7 Å². The summed E-state index contributed by atoms with van der Waals surface area (Å²) in [6, 6.07) is 7.65. The van der Waals surface area contributed by atoms with E-state index in [0.29, 0.717) is 13.0 Å². The first kappa shape index (κ1) is 16.8. The standard InChI is InChI=1S/C17H22N4O2S/c1-11(2)15(16-18-12-5-3-4-6-13(12)19-16)20-14(22)7-8-21-9-10-24-17(21)23/h3-6,11,15H,7-10H2,1-2H3,(H,18,19)(H,20,22)/t15-/m0/s1.